The Hall–Kier alpha value is -1.05. The number of aliphatic hydroxyl groups is 1. The van der Waals surface area contributed by atoms with Gasteiger partial charge in [-0.05, 0) is 37.3 Å². The number of sulfonamides is 1. The molecule has 4 nitrogen and oxygen atoms in total. The Kier molecular flexibility index (Phi) is 4.17. The maximum absolute atomic E-state index is 13.4. The highest BCUT2D eigenvalue weighted by Gasteiger charge is 2.30. The quantitative estimate of drug-likeness (QED) is 0.832. The molecule has 1 aliphatic carbocycles. The van der Waals surface area contributed by atoms with E-state index in [1.165, 1.54) is 0 Å². The molecule has 0 aliphatic heterocycles. The van der Waals surface area contributed by atoms with Crippen LogP contribution in [0.2, 0.25) is 0 Å². The summed E-state index contributed by atoms with van der Waals surface area (Å²) in [5.41, 5.74) is 0. The van der Waals surface area contributed by atoms with Crippen molar-refractivity contribution in [2.75, 3.05) is 6.54 Å². The van der Waals surface area contributed by atoms with E-state index >= 15 is 0 Å². The van der Waals surface area contributed by atoms with Gasteiger partial charge in [-0.25, -0.2) is 21.9 Å². The van der Waals surface area contributed by atoms with Crippen molar-refractivity contribution in [2.24, 2.45) is 5.92 Å². The van der Waals surface area contributed by atoms with E-state index in [0.29, 0.717) is 0 Å². The Balaban J connectivity index is 2.01. The van der Waals surface area contributed by atoms with Crippen molar-refractivity contribution >= 4 is 10.0 Å². The molecule has 0 heterocycles. The third-order valence-corrected chi connectivity index (χ3v) is 4.60. The maximum atomic E-state index is 13.4. The molecule has 0 aromatic heterocycles. The predicted molar refractivity (Wildman–Crippen MR) is 64.9 cm³/mol. The van der Waals surface area contributed by atoms with E-state index < -0.39 is 32.7 Å². The summed E-state index contributed by atoms with van der Waals surface area (Å²) in [7, 11) is -4.23. The van der Waals surface area contributed by atoms with E-state index in [9.17, 15) is 22.3 Å². The molecule has 1 saturated carbocycles. The number of hydrogen-bond donors (Lipinski definition) is 2. The fourth-order valence-electron chi connectivity index (χ4n) is 1.87. The van der Waals surface area contributed by atoms with Crippen molar-refractivity contribution in [1.82, 2.24) is 4.72 Å². The van der Waals surface area contributed by atoms with Crippen LogP contribution in [0.3, 0.4) is 0 Å². The third kappa shape index (κ3) is 3.49. The number of hydrogen-bond acceptors (Lipinski definition) is 3. The van der Waals surface area contributed by atoms with Crippen LogP contribution in [0.15, 0.2) is 23.1 Å². The molecule has 1 aliphatic rings. The van der Waals surface area contributed by atoms with Gasteiger partial charge in [0.2, 0.25) is 10.0 Å². The van der Waals surface area contributed by atoms with E-state index in [0.717, 1.165) is 31.0 Å². The smallest absolute Gasteiger partial charge is 0.246 e. The molecule has 0 spiro atoms. The van der Waals surface area contributed by atoms with Crippen LogP contribution in [0.1, 0.15) is 19.3 Å². The molecule has 106 valence electrons. The molecule has 0 bridgehead atoms. The molecule has 0 saturated heterocycles. The molecule has 0 unspecified atom stereocenters. The molecule has 7 heteroatoms. The van der Waals surface area contributed by atoms with Crippen LogP contribution < -0.4 is 4.72 Å². The van der Waals surface area contributed by atoms with Gasteiger partial charge in [0.15, 0.2) is 4.90 Å². The lowest BCUT2D eigenvalue weighted by molar-refractivity contribution is 0.143. The summed E-state index contributed by atoms with van der Waals surface area (Å²) < 4.78 is 52.4. The fourth-order valence-corrected chi connectivity index (χ4v) is 3.05. The molecular weight excluding hydrogens is 276 g/mol. The Morgan fingerprint density at radius 3 is 2.42 bits per heavy atom. The Morgan fingerprint density at radius 1 is 1.32 bits per heavy atom. The molecule has 0 amide bonds. The van der Waals surface area contributed by atoms with Crippen LogP contribution in [0.4, 0.5) is 8.78 Å². The van der Waals surface area contributed by atoms with Crippen molar-refractivity contribution < 1.29 is 22.3 Å². The van der Waals surface area contributed by atoms with E-state index in [2.05, 4.69) is 4.72 Å². The summed E-state index contributed by atoms with van der Waals surface area (Å²) in [6, 6.07) is 2.87. The lowest BCUT2D eigenvalue weighted by atomic mass is 10.2. The fraction of sp³-hybridized carbons (Fsp3) is 0.500. The number of rotatable bonds is 6. The topological polar surface area (TPSA) is 66.4 Å². The van der Waals surface area contributed by atoms with Crippen LogP contribution in [-0.2, 0) is 10.0 Å². The minimum absolute atomic E-state index is 0.0478. The summed E-state index contributed by atoms with van der Waals surface area (Å²) >= 11 is 0. The molecule has 2 rings (SSSR count). The first-order valence-corrected chi connectivity index (χ1v) is 7.52. The molecule has 19 heavy (non-hydrogen) atoms. The van der Waals surface area contributed by atoms with Gasteiger partial charge >= 0.3 is 0 Å². The zero-order valence-electron chi connectivity index (χ0n) is 10.1. The van der Waals surface area contributed by atoms with E-state index in [1.807, 2.05) is 0 Å². The summed E-state index contributed by atoms with van der Waals surface area (Å²) in [6.07, 6.45) is 1.55. The van der Waals surface area contributed by atoms with Crippen molar-refractivity contribution in [3.63, 3.8) is 0 Å². The molecule has 1 aromatic carbocycles. The van der Waals surface area contributed by atoms with Gasteiger partial charge in [0.1, 0.15) is 11.6 Å². The highest BCUT2D eigenvalue weighted by Crippen LogP contribution is 2.33. The van der Waals surface area contributed by atoms with Crippen LogP contribution in [0.25, 0.3) is 0 Å². The first-order chi connectivity index (χ1) is 8.92. The molecule has 1 atom stereocenters. The predicted octanol–water partition coefficient (Wildman–Crippen LogP) is 1.40. The normalized spacial score (nSPS) is 17.4. The monoisotopic (exact) mass is 291 g/mol. The van der Waals surface area contributed by atoms with Gasteiger partial charge < -0.3 is 5.11 Å². The summed E-state index contributed by atoms with van der Waals surface area (Å²) in [4.78, 5) is -0.976. The first-order valence-electron chi connectivity index (χ1n) is 6.03. The Labute approximate surface area is 110 Å². The van der Waals surface area contributed by atoms with Crippen LogP contribution >= 0.6 is 0 Å². The van der Waals surface area contributed by atoms with Gasteiger partial charge in [0, 0.05) is 6.54 Å². The van der Waals surface area contributed by atoms with Crippen molar-refractivity contribution in [3.05, 3.63) is 29.8 Å². The third-order valence-electron chi connectivity index (χ3n) is 3.09. The molecule has 1 aromatic rings. The van der Waals surface area contributed by atoms with E-state index in [-0.39, 0.29) is 18.9 Å². The molecule has 0 radical (unpaired) electrons. The SMILES string of the molecule is O=S(=O)(NCC[C@H](O)C1CC1)c1c(F)cccc1F. The van der Waals surface area contributed by atoms with Crippen molar-refractivity contribution in [2.45, 2.75) is 30.3 Å². The van der Waals surface area contributed by atoms with Crippen LogP contribution in [-0.4, -0.2) is 26.2 Å². The minimum atomic E-state index is -4.23. The standard InChI is InChI=1S/C12H15F2NO3S/c13-9-2-1-3-10(14)12(9)19(17,18)15-7-6-11(16)8-4-5-8/h1-3,8,11,15-16H,4-7H2/t11-/m0/s1. The number of halogens is 2. The highest BCUT2D eigenvalue weighted by atomic mass is 32.2. The second-order valence-electron chi connectivity index (χ2n) is 4.64. The number of benzene rings is 1. The lowest BCUT2D eigenvalue weighted by Gasteiger charge is -2.11. The molecule has 1 fully saturated rings. The summed E-state index contributed by atoms with van der Waals surface area (Å²) in [5, 5.41) is 9.58. The average molecular weight is 291 g/mol. The summed E-state index contributed by atoms with van der Waals surface area (Å²) in [5.74, 6) is -2.03. The molecule has 2 N–H and O–H groups in total. The van der Waals surface area contributed by atoms with Gasteiger partial charge in [-0.15, -0.1) is 0 Å². The lowest BCUT2D eigenvalue weighted by Crippen LogP contribution is -2.29. The van der Waals surface area contributed by atoms with Gasteiger partial charge in [-0.3, -0.25) is 0 Å². The summed E-state index contributed by atoms with van der Waals surface area (Å²) in [6.45, 7) is -0.0478. The average Bonchev–Trinajstić information content (AvgIpc) is 3.11. The van der Waals surface area contributed by atoms with Crippen molar-refractivity contribution in [1.29, 1.82) is 0 Å². The van der Waals surface area contributed by atoms with Crippen LogP contribution in [0, 0.1) is 17.6 Å². The Bertz CT molecular complexity index is 538. The van der Waals surface area contributed by atoms with Gasteiger partial charge in [-0.2, -0.15) is 0 Å². The van der Waals surface area contributed by atoms with Gasteiger partial charge in [0.05, 0.1) is 6.10 Å². The second-order valence-corrected chi connectivity index (χ2v) is 6.35. The largest absolute Gasteiger partial charge is 0.393 e. The minimum Gasteiger partial charge on any atom is -0.393 e. The zero-order valence-corrected chi connectivity index (χ0v) is 11.0. The van der Waals surface area contributed by atoms with Gasteiger partial charge in [-0.1, -0.05) is 6.07 Å². The second kappa shape index (κ2) is 5.52. The van der Waals surface area contributed by atoms with Crippen LogP contribution in [0.5, 0.6) is 0 Å². The van der Waals surface area contributed by atoms with E-state index in [1.54, 1.807) is 0 Å². The number of aliphatic hydroxyl groups excluding tert-OH is 1. The number of nitrogens with one attached hydrogen (secondary N) is 1. The zero-order chi connectivity index (χ0) is 14.0. The maximum Gasteiger partial charge on any atom is 0.246 e. The first kappa shape index (κ1) is 14.4. The highest BCUT2D eigenvalue weighted by molar-refractivity contribution is 7.89. The van der Waals surface area contributed by atoms with E-state index in [4.69, 9.17) is 0 Å². The van der Waals surface area contributed by atoms with Gasteiger partial charge in [0.25, 0.3) is 0 Å². The Morgan fingerprint density at radius 2 is 1.89 bits per heavy atom. The molecular formula is C12H15F2NO3S. The van der Waals surface area contributed by atoms with Crippen molar-refractivity contribution in [3.8, 4) is 0 Å².